The maximum Gasteiger partial charge on any atom is 0.407 e. The Kier molecular flexibility index (Phi) is 3.95. The fourth-order valence-electron chi connectivity index (χ4n) is 2.96. The van der Waals surface area contributed by atoms with Crippen molar-refractivity contribution in [1.29, 1.82) is 0 Å². The van der Waals surface area contributed by atoms with E-state index < -0.39 is 34.9 Å². The molecule has 1 saturated heterocycles. The number of likely N-dealkylation sites (tertiary alicyclic amines) is 1. The van der Waals surface area contributed by atoms with E-state index in [1.165, 1.54) is 35.2 Å². The predicted molar refractivity (Wildman–Crippen MR) is 84.9 cm³/mol. The minimum Gasteiger partial charge on any atom is -0.506 e. The number of carboxylic acid groups (broad SMARTS) is 1. The maximum atomic E-state index is 12.7. The van der Waals surface area contributed by atoms with Gasteiger partial charge in [0.25, 0.3) is 5.91 Å². The van der Waals surface area contributed by atoms with Gasteiger partial charge in [-0.25, -0.2) is 9.78 Å². The molecule has 0 aliphatic carbocycles. The predicted octanol–water partition coefficient (Wildman–Crippen LogP) is 0.164. The van der Waals surface area contributed by atoms with Crippen molar-refractivity contribution in [2.75, 3.05) is 20.1 Å². The summed E-state index contributed by atoms with van der Waals surface area (Å²) in [5, 5.41) is 29.3. The Bertz CT molecular complexity index is 924. The fraction of sp³-hybridized carbons (Fsp3) is 0.333. The number of fused-ring (bicyclic) bond motifs is 1. The van der Waals surface area contributed by atoms with Crippen LogP contribution in [0.5, 0.6) is 5.75 Å². The summed E-state index contributed by atoms with van der Waals surface area (Å²) in [6, 6.07) is 2.48. The number of pyridine rings is 2. The third kappa shape index (κ3) is 2.61. The molecule has 0 spiro atoms. The molecule has 3 heterocycles. The molecule has 1 atom stereocenters. The Labute approximate surface area is 141 Å². The van der Waals surface area contributed by atoms with Crippen molar-refractivity contribution >= 4 is 23.0 Å². The number of aromatic nitrogens is 2. The molecule has 10 heteroatoms. The van der Waals surface area contributed by atoms with Crippen LogP contribution in [0.4, 0.5) is 4.79 Å². The van der Waals surface area contributed by atoms with Crippen molar-refractivity contribution in [1.82, 2.24) is 19.5 Å². The Balaban J connectivity index is 2.00. The molecule has 0 aromatic carbocycles. The van der Waals surface area contributed by atoms with E-state index in [0.29, 0.717) is 6.42 Å². The average molecular weight is 348 g/mol. The van der Waals surface area contributed by atoms with Crippen LogP contribution < -0.4 is 5.56 Å². The van der Waals surface area contributed by atoms with Crippen LogP contribution in [-0.2, 0) is 0 Å². The molecule has 0 bridgehead atoms. The van der Waals surface area contributed by atoms with Gasteiger partial charge >= 0.3 is 11.7 Å². The summed E-state index contributed by atoms with van der Waals surface area (Å²) >= 11 is 0. The van der Waals surface area contributed by atoms with E-state index in [-0.39, 0.29) is 28.9 Å². The van der Waals surface area contributed by atoms with Gasteiger partial charge in [-0.15, -0.1) is 4.73 Å². The highest BCUT2D eigenvalue weighted by molar-refractivity contribution is 6.01. The SMILES string of the molecule is CN(C(=O)c1c(O)c2cccnc2n(O)c1=O)C1CCN(C(=O)O)C1. The average Bonchev–Trinajstić information content (AvgIpc) is 3.09. The molecule has 132 valence electrons. The van der Waals surface area contributed by atoms with Gasteiger partial charge in [0.1, 0.15) is 5.75 Å². The number of rotatable bonds is 2. The Morgan fingerprint density at radius 3 is 2.76 bits per heavy atom. The lowest BCUT2D eigenvalue weighted by Gasteiger charge is -2.24. The van der Waals surface area contributed by atoms with E-state index in [4.69, 9.17) is 5.11 Å². The van der Waals surface area contributed by atoms with Crippen LogP contribution in [0.1, 0.15) is 16.8 Å². The molecular weight excluding hydrogens is 332 g/mol. The largest absolute Gasteiger partial charge is 0.506 e. The number of carbonyl (C=O) groups excluding carboxylic acids is 1. The van der Waals surface area contributed by atoms with E-state index in [0.717, 1.165) is 0 Å². The van der Waals surface area contributed by atoms with E-state index in [9.17, 15) is 24.7 Å². The Morgan fingerprint density at radius 1 is 1.40 bits per heavy atom. The second kappa shape index (κ2) is 5.96. The molecule has 1 aliphatic heterocycles. The smallest absolute Gasteiger partial charge is 0.407 e. The first-order valence-corrected chi connectivity index (χ1v) is 7.50. The van der Waals surface area contributed by atoms with Gasteiger partial charge in [0, 0.05) is 26.3 Å². The number of hydrogen-bond donors (Lipinski definition) is 3. The summed E-state index contributed by atoms with van der Waals surface area (Å²) in [5.74, 6) is -1.36. The third-order valence-corrected chi connectivity index (χ3v) is 4.40. The van der Waals surface area contributed by atoms with Crippen LogP contribution >= 0.6 is 0 Å². The zero-order valence-electron chi connectivity index (χ0n) is 13.3. The van der Waals surface area contributed by atoms with Gasteiger partial charge in [0.15, 0.2) is 11.2 Å². The summed E-state index contributed by atoms with van der Waals surface area (Å²) in [7, 11) is 1.42. The number of likely N-dealkylation sites (N-methyl/N-ethyl adjacent to an activating group) is 1. The van der Waals surface area contributed by atoms with E-state index in [1.54, 1.807) is 0 Å². The lowest BCUT2D eigenvalue weighted by atomic mass is 10.1. The molecule has 3 rings (SSSR count). The number of amides is 2. The Hall–Kier alpha value is -3.30. The number of aromatic hydroxyl groups is 1. The minimum absolute atomic E-state index is 0.0555. The zero-order chi connectivity index (χ0) is 18.3. The van der Waals surface area contributed by atoms with Gasteiger partial charge in [-0.1, -0.05) is 0 Å². The minimum atomic E-state index is -1.09. The first kappa shape index (κ1) is 16.6. The summed E-state index contributed by atoms with van der Waals surface area (Å²) in [4.78, 5) is 42.2. The molecule has 10 nitrogen and oxygen atoms in total. The topological polar surface area (TPSA) is 136 Å². The number of nitrogens with zero attached hydrogens (tertiary/aromatic N) is 4. The molecule has 2 amide bonds. The zero-order valence-corrected chi connectivity index (χ0v) is 13.3. The molecule has 1 aliphatic rings. The second-order valence-corrected chi connectivity index (χ2v) is 5.80. The first-order valence-electron chi connectivity index (χ1n) is 7.50. The molecule has 1 fully saturated rings. The molecule has 2 aromatic heterocycles. The third-order valence-electron chi connectivity index (χ3n) is 4.40. The van der Waals surface area contributed by atoms with Gasteiger partial charge < -0.3 is 25.2 Å². The monoisotopic (exact) mass is 348 g/mol. The summed E-state index contributed by atoms with van der Waals surface area (Å²) in [6.45, 7) is 0.385. The summed E-state index contributed by atoms with van der Waals surface area (Å²) in [6.07, 6.45) is 0.666. The van der Waals surface area contributed by atoms with Crippen molar-refractivity contribution in [3.63, 3.8) is 0 Å². The van der Waals surface area contributed by atoms with Gasteiger partial charge in [0.05, 0.1) is 11.4 Å². The van der Waals surface area contributed by atoms with Crippen molar-refractivity contribution < 1.29 is 25.0 Å². The summed E-state index contributed by atoms with van der Waals surface area (Å²) in [5.41, 5.74) is -1.84. The van der Waals surface area contributed by atoms with E-state index >= 15 is 0 Å². The lowest BCUT2D eigenvalue weighted by Crippen LogP contribution is -2.42. The molecule has 3 N–H and O–H groups in total. The highest BCUT2D eigenvalue weighted by atomic mass is 16.5. The molecule has 1 unspecified atom stereocenters. The van der Waals surface area contributed by atoms with Crippen molar-refractivity contribution in [2.24, 2.45) is 0 Å². The highest BCUT2D eigenvalue weighted by Crippen LogP contribution is 2.26. The van der Waals surface area contributed by atoms with Crippen LogP contribution in [0.15, 0.2) is 23.1 Å². The van der Waals surface area contributed by atoms with Crippen molar-refractivity contribution in [3.05, 3.63) is 34.2 Å². The summed E-state index contributed by atoms with van der Waals surface area (Å²) < 4.78 is 0.217. The van der Waals surface area contributed by atoms with Crippen molar-refractivity contribution in [3.8, 4) is 5.75 Å². The molecule has 25 heavy (non-hydrogen) atoms. The molecule has 0 saturated carbocycles. The van der Waals surface area contributed by atoms with Crippen LogP contribution in [0.3, 0.4) is 0 Å². The standard InChI is InChI=1S/C15H16N4O6/c1-17(8-4-6-18(7-8)15(23)24)13(21)10-11(20)9-3-2-5-16-12(9)19(25)14(10)22/h2-3,5,8,20,25H,4,6-7H2,1H3,(H,23,24). The molecular formula is C15H16N4O6. The van der Waals surface area contributed by atoms with Crippen LogP contribution in [0.2, 0.25) is 0 Å². The number of carbonyl (C=O) groups is 2. The second-order valence-electron chi connectivity index (χ2n) is 5.80. The van der Waals surface area contributed by atoms with Gasteiger partial charge in [-0.05, 0) is 18.6 Å². The highest BCUT2D eigenvalue weighted by Gasteiger charge is 2.34. The molecule has 0 radical (unpaired) electrons. The van der Waals surface area contributed by atoms with Crippen LogP contribution in [0, 0.1) is 0 Å². The maximum absolute atomic E-state index is 12.7. The van der Waals surface area contributed by atoms with E-state index in [1.807, 2.05) is 0 Å². The molecule has 2 aromatic rings. The van der Waals surface area contributed by atoms with Crippen molar-refractivity contribution in [2.45, 2.75) is 12.5 Å². The fourth-order valence-corrected chi connectivity index (χ4v) is 2.96. The van der Waals surface area contributed by atoms with Gasteiger partial charge in [-0.3, -0.25) is 9.59 Å². The Morgan fingerprint density at radius 2 is 2.12 bits per heavy atom. The van der Waals surface area contributed by atoms with Crippen LogP contribution in [-0.4, -0.2) is 73.1 Å². The first-order chi connectivity index (χ1) is 11.8. The van der Waals surface area contributed by atoms with Gasteiger partial charge in [-0.2, -0.15) is 0 Å². The van der Waals surface area contributed by atoms with E-state index in [2.05, 4.69) is 4.98 Å². The van der Waals surface area contributed by atoms with Crippen LogP contribution in [0.25, 0.3) is 11.0 Å². The normalized spacial score (nSPS) is 17.0. The number of hydrogen-bond acceptors (Lipinski definition) is 6. The quantitative estimate of drug-likeness (QED) is 0.658. The lowest BCUT2D eigenvalue weighted by molar-refractivity contribution is 0.0722. The van der Waals surface area contributed by atoms with Gasteiger partial charge in [0.2, 0.25) is 0 Å².